The van der Waals surface area contributed by atoms with Gasteiger partial charge in [0.1, 0.15) is 0 Å². The quantitative estimate of drug-likeness (QED) is 0.0738. The summed E-state index contributed by atoms with van der Waals surface area (Å²) >= 11 is 0. The fraction of sp³-hybridized carbons (Fsp3) is 0.929. The van der Waals surface area contributed by atoms with Gasteiger partial charge in [-0.2, -0.15) is 0 Å². The highest BCUT2D eigenvalue weighted by molar-refractivity contribution is 4.95. The SMILES string of the molecule is CCCCCCCCOCOC(OCCCCCC)=C(CCCCC)OCCCCCC. The van der Waals surface area contributed by atoms with Gasteiger partial charge in [0.2, 0.25) is 0 Å². The summed E-state index contributed by atoms with van der Waals surface area (Å²) in [6, 6.07) is 0. The monoisotopic (exact) mass is 456 g/mol. The Bertz CT molecular complexity index is 395. The fourth-order valence-corrected chi connectivity index (χ4v) is 3.53. The molecule has 0 aromatic rings. The predicted octanol–water partition coefficient (Wildman–Crippen LogP) is 9.28. The van der Waals surface area contributed by atoms with Crippen LogP contribution in [0.5, 0.6) is 0 Å². The molecule has 0 saturated heterocycles. The van der Waals surface area contributed by atoms with Crippen LogP contribution in [0, 0.1) is 0 Å². The Morgan fingerprint density at radius 3 is 1.53 bits per heavy atom. The van der Waals surface area contributed by atoms with E-state index in [-0.39, 0.29) is 6.79 Å². The van der Waals surface area contributed by atoms with Gasteiger partial charge in [-0.25, -0.2) is 0 Å². The molecule has 0 N–H and O–H groups in total. The minimum Gasteiger partial charge on any atom is -0.491 e. The Morgan fingerprint density at radius 2 is 0.906 bits per heavy atom. The summed E-state index contributed by atoms with van der Waals surface area (Å²) in [5.41, 5.74) is 0. The van der Waals surface area contributed by atoms with Crippen LogP contribution < -0.4 is 0 Å². The highest BCUT2D eigenvalue weighted by atomic mass is 16.7. The molecule has 0 atom stereocenters. The molecule has 0 aromatic carbocycles. The second kappa shape index (κ2) is 26.4. The van der Waals surface area contributed by atoms with E-state index in [9.17, 15) is 0 Å². The maximum Gasteiger partial charge on any atom is 0.321 e. The van der Waals surface area contributed by atoms with Gasteiger partial charge >= 0.3 is 5.95 Å². The predicted molar refractivity (Wildman–Crippen MR) is 137 cm³/mol. The van der Waals surface area contributed by atoms with Crippen LogP contribution >= 0.6 is 0 Å². The maximum absolute atomic E-state index is 6.18. The summed E-state index contributed by atoms with van der Waals surface area (Å²) in [4.78, 5) is 0. The molecule has 0 saturated carbocycles. The summed E-state index contributed by atoms with van der Waals surface area (Å²) in [5.74, 6) is 1.45. The van der Waals surface area contributed by atoms with E-state index in [4.69, 9.17) is 18.9 Å². The second-order valence-electron chi connectivity index (χ2n) is 8.92. The fourth-order valence-electron chi connectivity index (χ4n) is 3.53. The summed E-state index contributed by atoms with van der Waals surface area (Å²) in [5, 5.41) is 0. The lowest BCUT2D eigenvalue weighted by Crippen LogP contribution is -2.10. The summed E-state index contributed by atoms with van der Waals surface area (Å²) in [7, 11) is 0. The zero-order valence-corrected chi connectivity index (χ0v) is 22.2. The molecule has 4 nitrogen and oxygen atoms in total. The molecular weight excluding hydrogens is 400 g/mol. The van der Waals surface area contributed by atoms with Crippen molar-refractivity contribution in [2.75, 3.05) is 26.6 Å². The molecule has 0 aliphatic rings. The van der Waals surface area contributed by atoms with Gasteiger partial charge in [0.25, 0.3) is 0 Å². The molecule has 0 unspecified atom stereocenters. The number of unbranched alkanes of at least 4 members (excludes halogenated alkanes) is 13. The molecule has 0 rings (SSSR count). The molecule has 0 aromatic heterocycles. The number of rotatable bonds is 26. The van der Waals surface area contributed by atoms with E-state index in [2.05, 4.69) is 27.7 Å². The minimum atomic E-state index is 0.246. The van der Waals surface area contributed by atoms with Crippen LogP contribution in [0.3, 0.4) is 0 Å². The standard InChI is InChI=1S/C28H56O4/c1-5-9-13-16-17-19-23-29-26-32-28(31-25-21-15-11-7-3)27(22-18-12-8-4)30-24-20-14-10-6-2/h5-26H2,1-4H3. The minimum absolute atomic E-state index is 0.246. The van der Waals surface area contributed by atoms with Crippen molar-refractivity contribution in [3.63, 3.8) is 0 Å². The molecule has 0 spiro atoms. The maximum atomic E-state index is 6.18. The lowest BCUT2D eigenvalue weighted by Gasteiger charge is -2.18. The van der Waals surface area contributed by atoms with Gasteiger partial charge in [-0.15, -0.1) is 0 Å². The van der Waals surface area contributed by atoms with E-state index >= 15 is 0 Å². The zero-order chi connectivity index (χ0) is 23.5. The molecule has 4 heteroatoms. The van der Waals surface area contributed by atoms with Gasteiger partial charge in [0, 0.05) is 6.42 Å². The first kappa shape index (κ1) is 31.1. The van der Waals surface area contributed by atoms with Gasteiger partial charge in [-0.05, 0) is 25.7 Å². The molecule has 32 heavy (non-hydrogen) atoms. The number of allylic oxidation sites excluding steroid dienone is 1. The van der Waals surface area contributed by atoms with Gasteiger partial charge < -0.3 is 18.9 Å². The third-order valence-electron chi connectivity index (χ3n) is 5.66. The molecule has 0 aliphatic heterocycles. The van der Waals surface area contributed by atoms with Crippen LogP contribution in [-0.4, -0.2) is 26.6 Å². The first-order valence-corrected chi connectivity index (χ1v) is 14.0. The Labute approximate surface area is 200 Å². The van der Waals surface area contributed by atoms with Gasteiger partial charge in [0.05, 0.1) is 19.8 Å². The zero-order valence-electron chi connectivity index (χ0n) is 22.2. The van der Waals surface area contributed by atoms with Gasteiger partial charge in [0.15, 0.2) is 12.6 Å². The van der Waals surface area contributed by atoms with E-state index in [1.807, 2.05) is 0 Å². The molecule has 0 fully saturated rings. The van der Waals surface area contributed by atoms with Gasteiger partial charge in [-0.3, -0.25) is 0 Å². The summed E-state index contributed by atoms with van der Waals surface area (Å²) < 4.78 is 24.0. The lowest BCUT2D eigenvalue weighted by molar-refractivity contribution is -0.0845. The molecule has 192 valence electrons. The Balaban J connectivity index is 4.63. The van der Waals surface area contributed by atoms with Crippen molar-refractivity contribution in [1.29, 1.82) is 0 Å². The van der Waals surface area contributed by atoms with Crippen LogP contribution in [0.2, 0.25) is 0 Å². The van der Waals surface area contributed by atoms with Crippen LogP contribution in [-0.2, 0) is 18.9 Å². The first-order valence-electron chi connectivity index (χ1n) is 14.0. The van der Waals surface area contributed by atoms with Crippen molar-refractivity contribution in [3.05, 3.63) is 11.7 Å². The lowest BCUT2D eigenvalue weighted by atomic mass is 10.1. The normalized spacial score (nSPS) is 12.0. The van der Waals surface area contributed by atoms with Crippen molar-refractivity contribution in [2.24, 2.45) is 0 Å². The van der Waals surface area contributed by atoms with E-state index < -0.39 is 0 Å². The number of hydrogen-bond acceptors (Lipinski definition) is 4. The molecule has 0 aliphatic carbocycles. The average Bonchev–Trinajstić information content (AvgIpc) is 2.80. The van der Waals surface area contributed by atoms with Crippen LogP contribution in [0.15, 0.2) is 11.7 Å². The van der Waals surface area contributed by atoms with E-state index in [1.165, 1.54) is 83.5 Å². The van der Waals surface area contributed by atoms with Crippen LogP contribution in [0.4, 0.5) is 0 Å². The Kier molecular flexibility index (Phi) is 25.6. The number of hydrogen-bond donors (Lipinski definition) is 0. The van der Waals surface area contributed by atoms with Crippen molar-refractivity contribution < 1.29 is 18.9 Å². The third-order valence-corrected chi connectivity index (χ3v) is 5.66. The second-order valence-corrected chi connectivity index (χ2v) is 8.92. The molecule has 0 amide bonds. The Hall–Kier alpha value is -0.900. The topological polar surface area (TPSA) is 36.9 Å². The molecule has 0 heterocycles. The third kappa shape index (κ3) is 21.0. The first-order chi connectivity index (χ1) is 15.8. The molecular formula is C28H56O4. The van der Waals surface area contributed by atoms with E-state index in [0.29, 0.717) is 12.6 Å². The highest BCUT2D eigenvalue weighted by Gasteiger charge is 2.13. The van der Waals surface area contributed by atoms with Crippen LogP contribution in [0.25, 0.3) is 0 Å². The largest absolute Gasteiger partial charge is 0.491 e. The average molecular weight is 457 g/mol. The van der Waals surface area contributed by atoms with Gasteiger partial charge in [-0.1, -0.05) is 111 Å². The summed E-state index contributed by atoms with van der Waals surface area (Å²) in [6.07, 6.45) is 21.5. The van der Waals surface area contributed by atoms with Crippen molar-refractivity contribution in [2.45, 2.75) is 143 Å². The van der Waals surface area contributed by atoms with Crippen LogP contribution in [0.1, 0.15) is 143 Å². The molecule has 0 radical (unpaired) electrons. The smallest absolute Gasteiger partial charge is 0.321 e. The Morgan fingerprint density at radius 1 is 0.438 bits per heavy atom. The number of ether oxygens (including phenoxy) is 4. The van der Waals surface area contributed by atoms with E-state index in [0.717, 1.165) is 51.1 Å². The van der Waals surface area contributed by atoms with Crippen molar-refractivity contribution in [3.8, 4) is 0 Å². The van der Waals surface area contributed by atoms with Crippen molar-refractivity contribution >= 4 is 0 Å². The summed E-state index contributed by atoms with van der Waals surface area (Å²) in [6.45, 7) is 11.4. The van der Waals surface area contributed by atoms with Crippen molar-refractivity contribution in [1.82, 2.24) is 0 Å². The van der Waals surface area contributed by atoms with E-state index in [1.54, 1.807) is 0 Å². The molecule has 0 bridgehead atoms. The highest BCUT2D eigenvalue weighted by Crippen LogP contribution is 2.19.